The summed E-state index contributed by atoms with van der Waals surface area (Å²) in [6.45, 7) is 4.20. The lowest BCUT2D eigenvalue weighted by Crippen LogP contribution is -1.92. The zero-order chi connectivity index (χ0) is 16.3. The van der Waals surface area contributed by atoms with E-state index in [1.807, 2.05) is 24.3 Å². The number of halogens is 1. The number of benzene rings is 1. The summed E-state index contributed by atoms with van der Waals surface area (Å²) in [6.07, 6.45) is 6.61. The Balaban J connectivity index is 2.34. The summed E-state index contributed by atoms with van der Waals surface area (Å²) in [5, 5.41) is 0.737. The maximum atomic E-state index is 12.1. The molecule has 0 radical (unpaired) electrons. The predicted molar refractivity (Wildman–Crippen MR) is 93.0 cm³/mol. The largest absolute Gasteiger partial charge is 0.405 e. The van der Waals surface area contributed by atoms with Crippen molar-refractivity contribution in [3.05, 3.63) is 40.9 Å². The Kier molecular flexibility index (Phi) is 9.20. The van der Waals surface area contributed by atoms with E-state index in [0.29, 0.717) is 19.6 Å². The van der Waals surface area contributed by atoms with Crippen LogP contribution in [0.1, 0.15) is 38.7 Å². The first-order valence-corrected chi connectivity index (χ1v) is 9.33. The Morgan fingerprint density at radius 2 is 1.82 bits per heavy atom. The van der Waals surface area contributed by atoms with Crippen molar-refractivity contribution in [3.8, 4) is 11.6 Å². The normalized spacial score (nSPS) is 11.4. The van der Waals surface area contributed by atoms with Crippen LogP contribution in [0, 0.1) is 11.6 Å². The zero-order valence-electron chi connectivity index (χ0n) is 13.0. The molecule has 0 aromatic heterocycles. The molecule has 0 amide bonds. The fourth-order valence-electron chi connectivity index (χ4n) is 1.70. The van der Waals surface area contributed by atoms with Crippen molar-refractivity contribution < 1.29 is 13.6 Å². The predicted octanol–water partition coefficient (Wildman–Crippen LogP) is 5.75. The molecule has 0 spiro atoms. The van der Waals surface area contributed by atoms with Gasteiger partial charge in [-0.05, 0) is 44.4 Å². The number of hydrogen-bond acceptors (Lipinski definition) is 3. The molecule has 0 aliphatic rings. The minimum Gasteiger partial charge on any atom is -0.300 e. The molecule has 22 heavy (non-hydrogen) atoms. The van der Waals surface area contributed by atoms with Gasteiger partial charge in [-0.1, -0.05) is 41.8 Å². The van der Waals surface area contributed by atoms with Gasteiger partial charge in [-0.2, -0.15) is 0 Å². The van der Waals surface area contributed by atoms with Gasteiger partial charge >= 0.3 is 7.60 Å². The van der Waals surface area contributed by atoms with E-state index >= 15 is 0 Å². The van der Waals surface area contributed by atoms with Gasteiger partial charge in [-0.3, -0.25) is 9.05 Å². The Hall–Kier alpha value is -1.04. The Morgan fingerprint density at radius 3 is 2.41 bits per heavy atom. The molecule has 0 aliphatic carbocycles. The molecule has 1 aromatic rings. The van der Waals surface area contributed by atoms with Crippen LogP contribution in [-0.4, -0.2) is 13.2 Å². The lowest BCUT2D eigenvalue weighted by atomic mass is 10.1. The third kappa shape index (κ3) is 7.82. The Labute approximate surface area is 138 Å². The van der Waals surface area contributed by atoms with Gasteiger partial charge in [-0.15, -0.1) is 0 Å². The van der Waals surface area contributed by atoms with E-state index in [0.717, 1.165) is 23.4 Å². The van der Waals surface area contributed by atoms with Crippen LogP contribution in [0.4, 0.5) is 0 Å². The fourth-order valence-corrected chi connectivity index (χ4v) is 3.01. The monoisotopic (exact) mass is 340 g/mol. The van der Waals surface area contributed by atoms with Gasteiger partial charge in [0.05, 0.1) is 13.2 Å². The van der Waals surface area contributed by atoms with Crippen molar-refractivity contribution in [2.45, 2.75) is 33.1 Å². The average molecular weight is 341 g/mol. The van der Waals surface area contributed by atoms with Crippen LogP contribution < -0.4 is 0 Å². The number of unbranched alkanes of at least 4 members (excludes halogenated alkanes) is 2. The molecule has 0 atom stereocenters. The molecule has 5 heteroatoms. The SMILES string of the molecule is CCOP(=O)(C#CCCC/C=C/c1ccc(Cl)cc1)OCC. The van der Waals surface area contributed by atoms with Gasteiger partial charge in [-0.25, -0.2) is 4.57 Å². The molecule has 0 aliphatic heterocycles. The van der Waals surface area contributed by atoms with Gasteiger partial charge in [0, 0.05) is 17.1 Å². The van der Waals surface area contributed by atoms with E-state index in [1.54, 1.807) is 13.8 Å². The summed E-state index contributed by atoms with van der Waals surface area (Å²) in [4.78, 5) is 0. The van der Waals surface area contributed by atoms with Crippen molar-refractivity contribution in [2.24, 2.45) is 0 Å². The first kappa shape index (κ1) is 19.0. The standard InChI is InChI=1S/C17H22ClO3P/c1-3-20-22(19,21-4-2)15-9-7-5-6-8-10-16-11-13-17(18)14-12-16/h8,10-14H,3-7H2,1-2H3/b10-8+. The second-order valence-corrected chi connectivity index (χ2v) is 6.64. The van der Waals surface area contributed by atoms with Gasteiger partial charge in [0.1, 0.15) is 0 Å². The molecule has 3 nitrogen and oxygen atoms in total. The first-order chi connectivity index (χ1) is 10.6. The van der Waals surface area contributed by atoms with Crippen molar-refractivity contribution in [3.63, 3.8) is 0 Å². The summed E-state index contributed by atoms with van der Waals surface area (Å²) >= 11 is 5.83. The lowest BCUT2D eigenvalue weighted by Gasteiger charge is -2.09. The molecule has 0 bridgehead atoms. The summed E-state index contributed by atoms with van der Waals surface area (Å²) in [6, 6.07) is 7.68. The van der Waals surface area contributed by atoms with Gasteiger partial charge in [0.2, 0.25) is 0 Å². The second-order valence-electron chi connectivity index (χ2n) is 4.47. The highest BCUT2D eigenvalue weighted by Crippen LogP contribution is 2.46. The fraction of sp³-hybridized carbons (Fsp3) is 0.412. The van der Waals surface area contributed by atoms with E-state index in [2.05, 4.69) is 23.7 Å². The van der Waals surface area contributed by atoms with E-state index in [4.69, 9.17) is 20.6 Å². The van der Waals surface area contributed by atoms with Gasteiger partial charge < -0.3 is 0 Å². The highest BCUT2D eigenvalue weighted by Gasteiger charge is 2.19. The number of hydrogen-bond donors (Lipinski definition) is 0. The van der Waals surface area contributed by atoms with E-state index in [1.165, 1.54) is 0 Å². The van der Waals surface area contributed by atoms with E-state index in [9.17, 15) is 4.57 Å². The number of allylic oxidation sites excluding steroid dienone is 1. The van der Waals surface area contributed by atoms with Crippen LogP contribution in [-0.2, 0) is 13.6 Å². The smallest absolute Gasteiger partial charge is 0.300 e. The third-order valence-electron chi connectivity index (χ3n) is 2.67. The molecule has 0 saturated carbocycles. The quantitative estimate of drug-likeness (QED) is 0.343. The molecular formula is C17H22ClO3P. The highest BCUT2D eigenvalue weighted by molar-refractivity contribution is 7.59. The first-order valence-electron chi connectivity index (χ1n) is 7.41. The van der Waals surface area contributed by atoms with Crippen molar-refractivity contribution >= 4 is 25.3 Å². The molecule has 1 rings (SSSR count). The highest BCUT2D eigenvalue weighted by atomic mass is 35.5. The van der Waals surface area contributed by atoms with E-state index in [-0.39, 0.29) is 0 Å². The molecule has 1 aromatic carbocycles. The van der Waals surface area contributed by atoms with Gasteiger partial charge in [0.15, 0.2) is 0 Å². The molecule has 0 heterocycles. The summed E-state index contributed by atoms with van der Waals surface area (Å²) in [5.41, 5.74) is 3.75. The van der Waals surface area contributed by atoms with E-state index < -0.39 is 7.60 Å². The minimum atomic E-state index is -3.22. The maximum Gasteiger partial charge on any atom is 0.405 e. The summed E-state index contributed by atoms with van der Waals surface area (Å²) < 4.78 is 22.3. The Morgan fingerprint density at radius 1 is 1.18 bits per heavy atom. The van der Waals surface area contributed by atoms with Crippen LogP contribution in [0.15, 0.2) is 30.3 Å². The summed E-state index contributed by atoms with van der Waals surface area (Å²) in [5.74, 6) is 2.89. The van der Waals surface area contributed by atoms with Crippen molar-refractivity contribution in [1.82, 2.24) is 0 Å². The number of rotatable bonds is 8. The van der Waals surface area contributed by atoms with Crippen molar-refractivity contribution in [1.29, 1.82) is 0 Å². The van der Waals surface area contributed by atoms with Crippen LogP contribution in [0.5, 0.6) is 0 Å². The lowest BCUT2D eigenvalue weighted by molar-refractivity contribution is 0.230. The molecule has 0 fully saturated rings. The molecule has 120 valence electrons. The van der Waals surface area contributed by atoms with Crippen LogP contribution in [0.25, 0.3) is 6.08 Å². The zero-order valence-corrected chi connectivity index (χ0v) is 14.7. The molecule has 0 unspecified atom stereocenters. The molecule has 0 N–H and O–H groups in total. The Bertz CT molecular complexity index is 560. The second kappa shape index (κ2) is 10.6. The van der Waals surface area contributed by atoms with Crippen molar-refractivity contribution in [2.75, 3.05) is 13.2 Å². The average Bonchev–Trinajstić information content (AvgIpc) is 2.48. The van der Waals surface area contributed by atoms with Crippen LogP contribution >= 0.6 is 19.2 Å². The summed E-state index contributed by atoms with van der Waals surface area (Å²) in [7, 11) is -3.22. The van der Waals surface area contributed by atoms with Gasteiger partial charge in [0.25, 0.3) is 0 Å². The van der Waals surface area contributed by atoms with Crippen LogP contribution in [0.3, 0.4) is 0 Å². The topological polar surface area (TPSA) is 35.5 Å². The minimum absolute atomic E-state index is 0.329. The maximum absolute atomic E-state index is 12.1. The van der Waals surface area contributed by atoms with Crippen LogP contribution in [0.2, 0.25) is 5.02 Å². The third-order valence-corrected chi connectivity index (χ3v) is 4.55. The molecular weight excluding hydrogens is 319 g/mol. The molecule has 0 saturated heterocycles.